The molecule has 0 saturated carbocycles. The van der Waals surface area contributed by atoms with Gasteiger partial charge in [-0.05, 0) is 41.3 Å². The lowest BCUT2D eigenvalue weighted by molar-refractivity contribution is -0.131. The van der Waals surface area contributed by atoms with Crippen LogP contribution >= 0.6 is 0 Å². The normalized spacial score (nSPS) is 18.0. The van der Waals surface area contributed by atoms with Gasteiger partial charge in [-0.1, -0.05) is 66.7 Å². The predicted molar refractivity (Wildman–Crippen MR) is 104 cm³/mol. The predicted octanol–water partition coefficient (Wildman–Crippen LogP) is 5.31. The van der Waals surface area contributed by atoms with Crippen molar-refractivity contribution < 1.29 is 13.9 Å². The van der Waals surface area contributed by atoms with Gasteiger partial charge in [0.2, 0.25) is 0 Å². The number of fused-ring (bicyclic) bond motifs is 1. The van der Waals surface area contributed by atoms with Crippen molar-refractivity contribution in [1.29, 1.82) is 0 Å². The second kappa shape index (κ2) is 6.84. The Balaban J connectivity index is 1.88. The van der Waals surface area contributed by atoms with E-state index in [-0.39, 0.29) is 11.8 Å². The summed E-state index contributed by atoms with van der Waals surface area (Å²) >= 11 is 0. The summed E-state index contributed by atoms with van der Waals surface area (Å²) in [4.78, 5) is 11.3. The quantitative estimate of drug-likeness (QED) is 0.469. The molecule has 0 aliphatic heterocycles. The van der Waals surface area contributed by atoms with Gasteiger partial charge < -0.3 is 4.74 Å². The molecule has 4 rings (SSSR count). The van der Waals surface area contributed by atoms with Gasteiger partial charge in [0.15, 0.2) is 0 Å². The van der Waals surface area contributed by atoms with Crippen LogP contribution in [0.3, 0.4) is 0 Å². The van der Waals surface area contributed by atoms with Gasteiger partial charge in [0.05, 0.1) is 0 Å². The molecule has 2 nitrogen and oxygen atoms in total. The average Bonchev–Trinajstić information content (AvgIpc) is 2.68. The number of rotatable bonds is 3. The van der Waals surface area contributed by atoms with Crippen molar-refractivity contribution in [3.8, 4) is 5.75 Å². The van der Waals surface area contributed by atoms with Crippen molar-refractivity contribution in [1.82, 2.24) is 0 Å². The molecule has 1 atom stereocenters. The monoisotopic (exact) mass is 358 g/mol. The summed E-state index contributed by atoms with van der Waals surface area (Å²) in [7, 11) is 0. The van der Waals surface area contributed by atoms with Crippen molar-refractivity contribution >= 4 is 12.0 Å². The minimum absolute atomic E-state index is 0.231. The maximum atomic E-state index is 14.8. The SMILES string of the molecule is CC(=O)Oc1ccc2c(c1)CC(c1ccccc1)(c1ccccc1F)C=C2. The van der Waals surface area contributed by atoms with E-state index in [1.807, 2.05) is 60.7 Å². The minimum Gasteiger partial charge on any atom is -0.427 e. The number of carbonyl (C=O) groups excluding carboxylic acids is 1. The van der Waals surface area contributed by atoms with Crippen molar-refractivity contribution in [3.63, 3.8) is 0 Å². The summed E-state index contributed by atoms with van der Waals surface area (Å²) in [5.41, 5.74) is 3.11. The number of allylic oxidation sites excluding steroid dienone is 1. The fraction of sp³-hybridized carbons (Fsp3) is 0.125. The van der Waals surface area contributed by atoms with E-state index in [1.54, 1.807) is 12.1 Å². The maximum absolute atomic E-state index is 14.8. The van der Waals surface area contributed by atoms with E-state index in [0.717, 1.165) is 16.7 Å². The summed E-state index contributed by atoms with van der Waals surface area (Å²) in [5, 5.41) is 0. The molecule has 3 heteroatoms. The van der Waals surface area contributed by atoms with E-state index in [0.29, 0.717) is 17.7 Å². The van der Waals surface area contributed by atoms with Crippen LogP contribution in [0, 0.1) is 5.82 Å². The first kappa shape index (κ1) is 17.2. The first-order chi connectivity index (χ1) is 13.1. The van der Waals surface area contributed by atoms with Gasteiger partial charge in [0, 0.05) is 17.9 Å². The third-order valence-electron chi connectivity index (χ3n) is 5.04. The lowest BCUT2D eigenvalue weighted by atomic mass is 9.67. The summed E-state index contributed by atoms with van der Waals surface area (Å²) in [5.74, 6) is -0.0811. The van der Waals surface area contributed by atoms with Crippen LogP contribution in [0.25, 0.3) is 6.08 Å². The molecule has 27 heavy (non-hydrogen) atoms. The molecule has 0 aromatic heterocycles. The molecule has 3 aromatic rings. The fourth-order valence-electron chi connectivity index (χ4n) is 3.82. The highest BCUT2D eigenvalue weighted by Crippen LogP contribution is 2.43. The second-order valence-corrected chi connectivity index (χ2v) is 6.78. The number of esters is 1. The van der Waals surface area contributed by atoms with Crippen LogP contribution in [0.4, 0.5) is 4.39 Å². The topological polar surface area (TPSA) is 26.3 Å². The molecule has 0 saturated heterocycles. The molecule has 0 bridgehead atoms. The van der Waals surface area contributed by atoms with Gasteiger partial charge >= 0.3 is 5.97 Å². The van der Waals surface area contributed by atoms with Crippen LogP contribution in [0.2, 0.25) is 0 Å². The summed E-state index contributed by atoms with van der Waals surface area (Å²) in [6.45, 7) is 1.38. The highest BCUT2D eigenvalue weighted by Gasteiger charge is 2.36. The number of hydrogen-bond donors (Lipinski definition) is 0. The Labute approximate surface area is 157 Å². The lowest BCUT2D eigenvalue weighted by Gasteiger charge is -2.36. The third-order valence-corrected chi connectivity index (χ3v) is 5.04. The lowest BCUT2D eigenvalue weighted by Crippen LogP contribution is -2.31. The standard InChI is InChI=1S/C24H19FO2/c1-17(26)27-21-12-11-18-13-14-24(16-19(18)15-21,20-7-3-2-4-8-20)22-9-5-6-10-23(22)25/h2-15H,16H2,1H3. The number of hydrogen-bond acceptors (Lipinski definition) is 2. The first-order valence-electron chi connectivity index (χ1n) is 8.90. The van der Waals surface area contributed by atoms with Crippen LogP contribution < -0.4 is 4.74 Å². The van der Waals surface area contributed by atoms with Crippen LogP contribution in [0.5, 0.6) is 5.75 Å². The van der Waals surface area contributed by atoms with E-state index < -0.39 is 5.41 Å². The smallest absolute Gasteiger partial charge is 0.308 e. The fourth-order valence-corrected chi connectivity index (χ4v) is 3.82. The largest absolute Gasteiger partial charge is 0.427 e. The van der Waals surface area contributed by atoms with Gasteiger partial charge in [-0.3, -0.25) is 4.79 Å². The van der Waals surface area contributed by atoms with E-state index >= 15 is 0 Å². The summed E-state index contributed by atoms with van der Waals surface area (Å²) < 4.78 is 20.1. The first-order valence-corrected chi connectivity index (χ1v) is 8.90. The number of carbonyl (C=O) groups is 1. The van der Waals surface area contributed by atoms with E-state index in [1.165, 1.54) is 13.0 Å². The second-order valence-electron chi connectivity index (χ2n) is 6.78. The van der Waals surface area contributed by atoms with Gasteiger partial charge in [0.25, 0.3) is 0 Å². The highest BCUT2D eigenvalue weighted by molar-refractivity contribution is 5.70. The number of halogens is 1. The van der Waals surface area contributed by atoms with Crippen LogP contribution in [-0.4, -0.2) is 5.97 Å². The Morgan fingerprint density at radius 2 is 1.74 bits per heavy atom. The van der Waals surface area contributed by atoms with Crippen molar-refractivity contribution in [2.24, 2.45) is 0 Å². The molecule has 0 N–H and O–H groups in total. The Morgan fingerprint density at radius 1 is 1.00 bits per heavy atom. The summed E-state index contributed by atoms with van der Waals surface area (Å²) in [6.07, 6.45) is 4.68. The zero-order chi connectivity index (χ0) is 18.9. The molecule has 0 amide bonds. The van der Waals surface area contributed by atoms with Crippen LogP contribution in [0.15, 0.2) is 78.9 Å². The molecule has 0 spiro atoms. The Bertz CT molecular complexity index is 1020. The number of ether oxygens (including phenoxy) is 1. The van der Waals surface area contributed by atoms with E-state index in [2.05, 4.69) is 6.08 Å². The van der Waals surface area contributed by atoms with Gasteiger partial charge in [0.1, 0.15) is 11.6 Å². The van der Waals surface area contributed by atoms with Gasteiger partial charge in [-0.2, -0.15) is 0 Å². The van der Waals surface area contributed by atoms with E-state index in [4.69, 9.17) is 4.74 Å². The molecular weight excluding hydrogens is 339 g/mol. The maximum Gasteiger partial charge on any atom is 0.308 e. The zero-order valence-corrected chi connectivity index (χ0v) is 15.0. The Kier molecular flexibility index (Phi) is 4.36. The van der Waals surface area contributed by atoms with Crippen LogP contribution in [-0.2, 0) is 16.6 Å². The molecule has 0 fully saturated rings. The average molecular weight is 358 g/mol. The minimum atomic E-state index is -0.617. The van der Waals surface area contributed by atoms with Gasteiger partial charge in [-0.15, -0.1) is 0 Å². The Hall–Kier alpha value is -3.20. The molecule has 0 heterocycles. The molecular formula is C24H19FO2. The molecule has 134 valence electrons. The molecule has 3 aromatic carbocycles. The zero-order valence-electron chi connectivity index (χ0n) is 15.0. The van der Waals surface area contributed by atoms with Crippen LogP contribution in [0.1, 0.15) is 29.2 Å². The summed E-state index contributed by atoms with van der Waals surface area (Å²) in [6, 6.07) is 22.4. The molecule has 1 aliphatic carbocycles. The van der Waals surface area contributed by atoms with Gasteiger partial charge in [-0.25, -0.2) is 4.39 Å². The number of benzene rings is 3. The molecule has 1 aliphatic rings. The Morgan fingerprint density at radius 3 is 2.48 bits per heavy atom. The highest BCUT2D eigenvalue weighted by atomic mass is 19.1. The van der Waals surface area contributed by atoms with Crippen molar-refractivity contribution in [2.75, 3.05) is 0 Å². The third kappa shape index (κ3) is 3.17. The molecule has 1 unspecified atom stereocenters. The van der Waals surface area contributed by atoms with Crippen molar-refractivity contribution in [2.45, 2.75) is 18.8 Å². The van der Waals surface area contributed by atoms with Crippen molar-refractivity contribution in [3.05, 3.63) is 107 Å². The van der Waals surface area contributed by atoms with E-state index in [9.17, 15) is 9.18 Å². The molecule has 0 radical (unpaired) electrons.